The predicted molar refractivity (Wildman–Crippen MR) is 95.0 cm³/mol. The van der Waals surface area contributed by atoms with E-state index in [1.807, 2.05) is 51.1 Å². The summed E-state index contributed by atoms with van der Waals surface area (Å²) in [6.07, 6.45) is -0.0351. The molecule has 1 aliphatic rings. The Morgan fingerprint density at radius 2 is 1.92 bits per heavy atom. The molecule has 0 bridgehead atoms. The normalized spacial score (nSPS) is 20.2. The van der Waals surface area contributed by atoms with E-state index in [2.05, 4.69) is 0 Å². The van der Waals surface area contributed by atoms with Gasteiger partial charge in [-0.25, -0.2) is 0 Å². The monoisotopic (exact) mass is 350 g/mol. The number of rotatable bonds is 10. The molecule has 0 amide bonds. The standard InChI is InChI=1S/C20H30O5/c1-4-18(21)17(12-20(3)24-10-11-25-20)19(22)15(2)13-23-14-16-8-6-5-7-9-16/h5-9,15,17,19,22H,4,10-14H2,1-3H3/t15-,17-,19-/m1/s1. The van der Waals surface area contributed by atoms with Gasteiger partial charge in [-0.1, -0.05) is 44.2 Å². The number of aliphatic hydroxyl groups excluding tert-OH is 1. The van der Waals surface area contributed by atoms with E-state index >= 15 is 0 Å². The van der Waals surface area contributed by atoms with Crippen LogP contribution in [0.15, 0.2) is 30.3 Å². The van der Waals surface area contributed by atoms with Crippen LogP contribution in [0, 0.1) is 11.8 Å². The van der Waals surface area contributed by atoms with Crippen molar-refractivity contribution in [3.05, 3.63) is 35.9 Å². The molecule has 25 heavy (non-hydrogen) atoms. The van der Waals surface area contributed by atoms with Crippen LogP contribution >= 0.6 is 0 Å². The summed E-state index contributed by atoms with van der Waals surface area (Å²) in [5.41, 5.74) is 1.09. The van der Waals surface area contributed by atoms with Crippen molar-refractivity contribution in [3.8, 4) is 0 Å². The van der Waals surface area contributed by atoms with Crippen LogP contribution in [-0.2, 0) is 25.6 Å². The summed E-state index contributed by atoms with van der Waals surface area (Å²) < 4.78 is 17.0. The largest absolute Gasteiger partial charge is 0.392 e. The van der Waals surface area contributed by atoms with Gasteiger partial charge in [0.2, 0.25) is 0 Å². The van der Waals surface area contributed by atoms with Crippen LogP contribution in [-0.4, -0.2) is 42.6 Å². The lowest BCUT2D eigenvalue weighted by molar-refractivity contribution is -0.170. The molecule has 140 valence electrons. The highest BCUT2D eigenvalue weighted by Gasteiger charge is 2.40. The van der Waals surface area contributed by atoms with E-state index in [0.717, 1.165) is 5.56 Å². The smallest absolute Gasteiger partial charge is 0.166 e. The molecule has 0 aromatic heterocycles. The van der Waals surface area contributed by atoms with Crippen LogP contribution in [0.3, 0.4) is 0 Å². The second-order valence-electron chi connectivity index (χ2n) is 6.93. The zero-order valence-corrected chi connectivity index (χ0v) is 15.4. The van der Waals surface area contributed by atoms with Crippen LogP contribution in [0.25, 0.3) is 0 Å². The summed E-state index contributed by atoms with van der Waals surface area (Å²) >= 11 is 0. The zero-order valence-electron chi connectivity index (χ0n) is 15.4. The van der Waals surface area contributed by atoms with E-state index in [1.54, 1.807) is 0 Å². The van der Waals surface area contributed by atoms with E-state index < -0.39 is 17.8 Å². The highest BCUT2D eigenvalue weighted by molar-refractivity contribution is 5.81. The second kappa shape index (κ2) is 9.43. The van der Waals surface area contributed by atoms with Crippen LogP contribution in [0.4, 0.5) is 0 Å². The SMILES string of the molecule is CCC(=O)[C@@H](CC1(C)OCCO1)[C@H](O)[C@H](C)COCc1ccccc1. The van der Waals surface area contributed by atoms with Gasteiger partial charge in [-0.05, 0) is 12.5 Å². The van der Waals surface area contributed by atoms with E-state index in [4.69, 9.17) is 14.2 Å². The van der Waals surface area contributed by atoms with Crippen LogP contribution in [0.5, 0.6) is 0 Å². The minimum Gasteiger partial charge on any atom is -0.392 e. The Morgan fingerprint density at radius 3 is 2.52 bits per heavy atom. The first-order valence-electron chi connectivity index (χ1n) is 9.05. The van der Waals surface area contributed by atoms with Crippen LogP contribution in [0.2, 0.25) is 0 Å². The molecule has 5 heteroatoms. The van der Waals surface area contributed by atoms with Gasteiger partial charge >= 0.3 is 0 Å². The number of aliphatic hydroxyl groups is 1. The molecule has 1 saturated heterocycles. The Hall–Kier alpha value is -1.27. The number of carbonyl (C=O) groups excluding carboxylic acids is 1. The molecule has 0 saturated carbocycles. The number of benzene rings is 1. The average molecular weight is 350 g/mol. The van der Waals surface area contributed by atoms with Gasteiger partial charge in [-0.15, -0.1) is 0 Å². The number of Topliss-reactive ketones (excluding diaryl/α,β-unsaturated/α-hetero) is 1. The summed E-state index contributed by atoms with van der Waals surface area (Å²) in [4.78, 5) is 12.4. The summed E-state index contributed by atoms with van der Waals surface area (Å²) in [5.74, 6) is -1.43. The van der Waals surface area contributed by atoms with Crippen LogP contribution in [0.1, 0.15) is 39.2 Å². The molecule has 1 aliphatic heterocycles. The summed E-state index contributed by atoms with van der Waals surface area (Å²) in [5, 5.41) is 10.7. The first-order valence-corrected chi connectivity index (χ1v) is 9.05. The molecule has 2 rings (SSSR count). The van der Waals surface area contributed by atoms with E-state index in [0.29, 0.717) is 39.3 Å². The first-order chi connectivity index (χ1) is 11.9. The van der Waals surface area contributed by atoms with Crippen molar-refractivity contribution in [2.45, 2.75) is 52.1 Å². The molecule has 1 heterocycles. The van der Waals surface area contributed by atoms with Gasteiger partial charge in [0.25, 0.3) is 0 Å². The molecule has 0 aliphatic carbocycles. The summed E-state index contributed by atoms with van der Waals surface area (Å²) in [6, 6.07) is 9.90. The molecule has 0 spiro atoms. The van der Waals surface area contributed by atoms with E-state index in [9.17, 15) is 9.90 Å². The summed E-state index contributed by atoms with van der Waals surface area (Å²) in [6.45, 7) is 7.49. The number of hydrogen-bond donors (Lipinski definition) is 1. The Bertz CT molecular complexity index is 524. The maximum absolute atomic E-state index is 12.4. The Kier molecular flexibility index (Phi) is 7.56. The fourth-order valence-corrected chi connectivity index (χ4v) is 3.19. The third kappa shape index (κ3) is 5.89. The molecule has 1 aromatic carbocycles. The number of carbonyl (C=O) groups is 1. The Balaban J connectivity index is 1.90. The second-order valence-corrected chi connectivity index (χ2v) is 6.93. The molecule has 0 radical (unpaired) electrons. The third-order valence-electron chi connectivity index (χ3n) is 4.74. The molecule has 1 N–H and O–H groups in total. The van der Waals surface area contributed by atoms with Crippen molar-refractivity contribution in [2.24, 2.45) is 11.8 Å². The summed E-state index contributed by atoms with van der Waals surface area (Å²) in [7, 11) is 0. The van der Waals surface area contributed by atoms with Crippen molar-refractivity contribution in [3.63, 3.8) is 0 Å². The minimum atomic E-state index is -0.791. The Labute approximate surface area is 150 Å². The number of hydrogen-bond acceptors (Lipinski definition) is 5. The number of ether oxygens (including phenoxy) is 3. The highest BCUT2D eigenvalue weighted by atomic mass is 16.7. The van der Waals surface area contributed by atoms with Gasteiger partial charge in [0, 0.05) is 24.7 Å². The van der Waals surface area contributed by atoms with Crippen molar-refractivity contribution in [1.29, 1.82) is 0 Å². The minimum absolute atomic E-state index is 0.0303. The maximum atomic E-state index is 12.4. The highest BCUT2D eigenvalue weighted by Crippen LogP contribution is 2.31. The molecular formula is C20H30O5. The predicted octanol–water partition coefficient (Wildman–Crippen LogP) is 2.95. The molecule has 1 aromatic rings. The zero-order chi connectivity index (χ0) is 18.3. The van der Waals surface area contributed by atoms with Crippen molar-refractivity contribution >= 4 is 5.78 Å². The van der Waals surface area contributed by atoms with E-state index in [-0.39, 0.29) is 11.7 Å². The van der Waals surface area contributed by atoms with Crippen LogP contribution < -0.4 is 0 Å². The van der Waals surface area contributed by atoms with Gasteiger partial charge in [-0.3, -0.25) is 4.79 Å². The van der Waals surface area contributed by atoms with E-state index in [1.165, 1.54) is 0 Å². The van der Waals surface area contributed by atoms with Gasteiger partial charge in [0.1, 0.15) is 5.78 Å². The fourth-order valence-electron chi connectivity index (χ4n) is 3.19. The van der Waals surface area contributed by atoms with Gasteiger partial charge in [0.15, 0.2) is 5.79 Å². The lowest BCUT2D eigenvalue weighted by Gasteiger charge is -2.32. The number of ketones is 1. The first kappa shape index (κ1) is 20.0. The van der Waals surface area contributed by atoms with Crippen molar-refractivity contribution in [2.75, 3.05) is 19.8 Å². The molecule has 1 fully saturated rings. The molecule has 5 nitrogen and oxygen atoms in total. The third-order valence-corrected chi connectivity index (χ3v) is 4.74. The average Bonchev–Trinajstić information content (AvgIpc) is 3.06. The lowest BCUT2D eigenvalue weighted by Crippen LogP contribution is -2.41. The lowest BCUT2D eigenvalue weighted by atomic mass is 9.83. The van der Waals surface area contributed by atoms with Crippen molar-refractivity contribution in [1.82, 2.24) is 0 Å². The van der Waals surface area contributed by atoms with Gasteiger partial charge in [-0.2, -0.15) is 0 Å². The maximum Gasteiger partial charge on any atom is 0.166 e. The molecule has 3 atom stereocenters. The quantitative estimate of drug-likeness (QED) is 0.703. The topological polar surface area (TPSA) is 65.0 Å². The molecular weight excluding hydrogens is 320 g/mol. The van der Waals surface area contributed by atoms with Crippen molar-refractivity contribution < 1.29 is 24.1 Å². The Morgan fingerprint density at radius 1 is 1.28 bits per heavy atom. The van der Waals surface area contributed by atoms with Gasteiger partial charge in [0.05, 0.1) is 32.5 Å². The van der Waals surface area contributed by atoms with Gasteiger partial charge < -0.3 is 19.3 Å². The fraction of sp³-hybridized carbons (Fsp3) is 0.650. The molecule has 0 unspecified atom stereocenters.